The summed E-state index contributed by atoms with van der Waals surface area (Å²) >= 11 is 0. The van der Waals surface area contributed by atoms with Gasteiger partial charge in [-0.15, -0.1) is 0 Å². The average molecular weight is 542 g/mol. The maximum Gasteiger partial charge on any atom is 0.282 e. The Morgan fingerprint density at radius 1 is 0.707 bits per heavy atom. The van der Waals surface area contributed by atoms with Crippen molar-refractivity contribution in [3.63, 3.8) is 0 Å². The first-order valence-corrected chi connectivity index (χ1v) is 13.6. The SMILES string of the molecule is O=c1c(-c2ccc3c(c2)OCCO3)c(COCc2ccccc2)[nH]c2c(-c3ccccc3)c(-c3ccccc3)nn12. The number of H-pyrrole nitrogens is 1. The second kappa shape index (κ2) is 10.8. The maximum absolute atomic E-state index is 14.3. The minimum atomic E-state index is -0.242. The highest BCUT2D eigenvalue weighted by Crippen LogP contribution is 2.37. The van der Waals surface area contributed by atoms with Gasteiger partial charge in [0.25, 0.3) is 5.56 Å². The van der Waals surface area contributed by atoms with Gasteiger partial charge >= 0.3 is 0 Å². The van der Waals surface area contributed by atoms with Crippen molar-refractivity contribution in [2.24, 2.45) is 0 Å². The number of rotatable bonds is 7. The summed E-state index contributed by atoms with van der Waals surface area (Å²) < 4.78 is 19.2. The van der Waals surface area contributed by atoms with Crippen LogP contribution in [-0.4, -0.2) is 27.8 Å². The number of hydrogen-bond donors (Lipinski definition) is 1. The number of aromatic nitrogens is 3. The van der Waals surface area contributed by atoms with Crippen LogP contribution in [0, 0.1) is 0 Å². The minimum absolute atomic E-state index is 0.199. The van der Waals surface area contributed by atoms with Crippen LogP contribution in [0.1, 0.15) is 11.3 Å². The number of nitrogens with zero attached hydrogens (tertiary/aromatic N) is 2. The summed E-state index contributed by atoms with van der Waals surface area (Å²) in [6.07, 6.45) is 0. The summed E-state index contributed by atoms with van der Waals surface area (Å²) in [7, 11) is 0. The van der Waals surface area contributed by atoms with Gasteiger partial charge in [-0.05, 0) is 28.8 Å². The third-order valence-electron chi connectivity index (χ3n) is 7.16. The first kappa shape index (κ1) is 24.9. The fourth-order valence-electron chi connectivity index (χ4n) is 5.25. The van der Waals surface area contributed by atoms with E-state index in [0.717, 1.165) is 27.9 Å². The lowest BCUT2D eigenvalue weighted by Gasteiger charge is -2.19. The Labute approximate surface area is 236 Å². The van der Waals surface area contributed by atoms with Gasteiger partial charge < -0.3 is 19.2 Å². The molecule has 7 rings (SSSR count). The highest BCUT2D eigenvalue weighted by Gasteiger charge is 2.24. The normalized spacial score (nSPS) is 12.5. The van der Waals surface area contributed by atoms with Crippen LogP contribution in [0.25, 0.3) is 39.2 Å². The Bertz CT molecular complexity index is 1880. The van der Waals surface area contributed by atoms with Gasteiger partial charge in [-0.25, -0.2) is 0 Å². The van der Waals surface area contributed by atoms with Gasteiger partial charge in [0.1, 0.15) is 24.6 Å². The molecule has 0 saturated heterocycles. The minimum Gasteiger partial charge on any atom is -0.486 e. The molecule has 0 fully saturated rings. The highest BCUT2D eigenvalue weighted by atomic mass is 16.6. The van der Waals surface area contributed by atoms with Crippen LogP contribution >= 0.6 is 0 Å². The number of aromatic amines is 1. The van der Waals surface area contributed by atoms with Crippen molar-refractivity contribution in [3.8, 4) is 45.0 Å². The van der Waals surface area contributed by atoms with Gasteiger partial charge in [-0.3, -0.25) is 4.79 Å². The van der Waals surface area contributed by atoms with E-state index in [0.29, 0.717) is 53.8 Å². The van der Waals surface area contributed by atoms with Crippen molar-refractivity contribution in [1.82, 2.24) is 14.6 Å². The Morgan fingerprint density at radius 2 is 1.37 bits per heavy atom. The van der Waals surface area contributed by atoms with Crippen molar-refractivity contribution in [2.45, 2.75) is 13.2 Å². The van der Waals surface area contributed by atoms with Gasteiger partial charge in [0.05, 0.1) is 30.0 Å². The van der Waals surface area contributed by atoms with Crippen LogP contribution in [0.3, 0.4) is 0 Å². The second-order valence-electron chi connectivity index (χ2n) is 9.84. The lowest BCUT2D eigenvalue weighted by molar-refractivity contribution is 0.105. The molecule has 0 atom stereocenters. The van der Waals surface area contributed by atoms with Gasteiger partial charge in [0.15, 0.2) is 11.5 Å². The van der Waals surface area contributed by atoms with Crippen LogP contribution in [0.4, 0.5) is 0 Å². The first-order chi connectivity index (χ1) is 20.3. The average Bonchev–Trinajstić information content (AvgIpc) is 3.42. The molecule has 6 aromatic rings. The second-order valence-corrected chi connectivity index (χ2v) is 9.84. The van der Waals surface area contributed by atoms with Gasteiger partial charge in [0.2, 0.25) is 0 Å². The van der Waals surface area contributed by atoms with E-state index in [4.69, 9.17) is 19.3 Å². The summed E-state index contributed by atoms with van der Waals surface area (Å²) in [4.78, 5) is 17.9. The van der Waals surface area contributed by atoms with E-state index in [2.05, 4.69) is 4.98 Å². The molecule has 1 N–H and O–H groups in total. The zero-order valence-corrected chi connectivity index (χ0v) is 22.2. The molecule has 2 aromatic heterocycles. The number of ether oxygens (including phenoxy) is 3. The van der Waals surface area contributed by atoms with Crippen molar-refractivity contribution in [1.29, 1.82) is 0 Å². The molecule has 0 aliphatic carbocycles. The van der Waals surface area contributed by atoms with Crippen molar-refractivity contribution >= 4 is 5.65 Å². The fourth-order valence-corrected chi connectivity index (χ4v) is 5.25. The van der Waals surface area contributed by atoms with Gasteiger partial charge in [-0.2, -0.15) is 9.61 Å². The summed E-state index contributed by atoms with van der Waals surface area (Å²) in [5.41, 5.74) is 6.72. The number of nitrogens with one attached hydrogen (secondary N) is 1. The Balaban J connectivity index is 1.43. The smallest absolute Gasteiger partial charge is 0.282 e. The lowest BCUT2D eigenvalue weighted by atomic mass is 10.0. The molecule has 1 aliphatic heterocycles. The zero-order valence-electron chi connectivity index (χ0n) is 22.2. The molecule has 0 saturated carbocycles. The van der Waals surface area contributed by atoms with Crippen molar-refractivity contribution in [2.75, 3.05) is 13.2 Å². The summed E-state index contributed by atoms with van der Waals surface area (Å²) in [6.45, 7) is 1.56. The molecule has 3 heterocycles. The van der Waals surface area contributed by atoms with E-state index in [9.17, 15) is 4.79 Å². The van der Waals surface area contributed by atoms with Crippen LogP contribution in [-0.2, 0) is 18.0 Å². The molecule has 0 radical (unpaired) electrons. The molecule has 0 bridgehead atoms. The fraction of sp³-hybridized carbons (Fsp3) is 0.118. The van der Waals surface area contributed by atoms with E-state index in [1.54, 1.807) is 0 Å². The molecule has 1 aliphatic rings. The lowest BCUT2D eigenvalue weighted by Crippen LogP contribution is -2.21. The molecular formula is C34H27N3O4. The van der Waals surface area contributed by atoms with Crippen LogP contribution in [0.5, 0.6) is 11.5 Å². The predicted molar refractivity (Wildman–Crippen MR) is 158 cm³/mol. The van der Waals surface area contributed by atoms with Crippen LogP contribution < -0.4 is 15.0 Å². The maximum atomic E-state index is 14.3. The summed E-state index contributed by atoms with van der Waals surface area (Å²) in [5, 5.41) is 4.88. The number of fused-ring (bicyclic) bond motifs is 2. The van der Waals surface area contributed by atoms with Crippen molar-refractivity contribution < 1.29 is 14.2 Å². The van der Waals surface area contributed by atoms with Crippen molar-refractivity contribution in [3.05, 3.63) is 131 Å². The van der Waals surface area contributed by atoms with Gasteiger partial charge in [0, 0.05) is 5.56 Å². The standard InChI is InChI=1S/C34H27N3O4/c38-34-30(26-16-17-28-29(20-26)41-19-18-40-28)27(22-39-21-23-10-4-1-5-11-23)35-33-31(24-12-6-2-7-13-24)32(36-37(33)34)25-14-8-3-9-15-25/h1-17,20,35H,18-19,21-22H2. The van der Waals surface area contributed by atoms with E-state index < -0.39 is 0 Å². The summed E-state index contributed by atoms with van der Waals surface area (Å²) in [6, 6.07) is 35.5. The Morgan fingerprint density at radius 3 is 2.10 bits per heavy atom. The molecule has 7 nitrogen and oxygen atoms in total. The molecule has 0 amide bonds. The largest absolute Gasteiger partial charge is 0.486 e. The Hall–Kier alpha value is -5.14. The van der Waals surface area contributed by atoms with E-state index >= 15 is 0 Å². The summed E-state index contributed by atoms with van der Waals surface area (Å²) in [5.74, 6) is 1.27. The Kier molecular flexibility index (Phi) is 6.55. The number of hydrogen-bond acceptors (Lipinski definition) is 5. The third kappa shape index (κ3) is 4.77. The van der Waals surface area contributed by atoms with Crippen LogP contribution in [0.15, 0.2) is 114 Å². The molecule has 0 spiro atoms. The van der Waals surface area contributed by atoms with Gasteiger partial charge in [-0.1, -0.05) is 97.1 Å². The van der Waals surface area contributed by atoms with Crippen LogP contribution in [0.2, 0.25) is 0 Å². The molecular weight excluding hydrogens is 514 g/mol. The van der Waals surface area contributed by atoms with E-state index in [1.807, 2.05) is 109 Å². The quantitative estimate of drug-likeness (QED) is 0.249. The molecule has 41 heavy (non-hydrogen) atoms. The molecule has 202 valence electrons. The topological polar surface area (TPSA) is 77.8 Å². The monoisotopic (exact) mass is 541 g/mol. The molecule has 7 heteroatoms. The molecule has 4 aromatic carbocycles. The molecule has 0 unspecified atom stereocenters. The number of benzene rings is 4. The highest BCUT2D eigenvalue weighted by molar-refractivity contribution is 5.91. The van der Waals surface area contributed by atoms with E-state index in [-0.39, 0.29) is 12.2 Å². The zero-order chi connectivity index (χ0) is 27.6. The predicted octanol–water partition coefficient (Wildman–Crippen LogP) is 6.51. The van der Waals surface area contributed by atoms with E-state index in [1.165, 1.54) is 4.52 Å². The third-order valence-corrected chi connectivity index (χ3v) is 7.16. The first-order valence-electron chi connectivity index (χ1n) is 13.6.